The standard InChI is InChI=1S/C7H14O3Si/c1-2-4-11-5-3-6(8)7(9)10-11/h2,6-9,11H,1,3-5H2. The largest absolute Gasteiger partial charge is 0.393 e. The maximum Gasteiger partial charge on any atom is 0.184 e. The minimum Gasteiger partial charge on any atom is -0.393 e. The molecule has 1 aliphatic rings. The van der Waals surface area contributed by atoms with Crippen LogP contribution >= 0.6 is 0 Å². The van der Waals surface area contributed by atoms with Crippen molar-refractivity contribution < 1.29 is 14.6 Å². The lowest BCUT2D eigenvalue weighted by molar-refractivity contribution is -0.117. The van der Waals surface area contributed by atoms with Gasteiger partial charge < -0.3 is 14.6 Å². The summed E-state index contributed by atoms with van der Waals surface area (Å²) in [6.07, 6.45) is 0.872. The van der Waals surface area contributed by atoms with Gasteiger partial charge in [0.1, 0.15) is 6.10 Å². The van der Waals surface area contributed by atoms with Gasteiger partial charge in [-0.25, -0.2) is 0 Å². The second-order valence-electron chi connectivity index (χ2n) is 2.82. The maximum atomic E-state index is 9.10. The molecule has 1 heterocycles. The van der Waals surface area contributed by atoms with Crippen molar-refractivity contribution in [2.75, 3.05) is 0 Å². The Morgan fingerprint density at radius 1 is 1.64 bits per heavy atom. The normalized spacial score (nSPS) is 38.5. The molecule has 2 N–H and O–H groups in total. The Hall–Kier alpha value is -0.163. The molecule has 1 aliphatic heterocycles. The molecule has 4 heteroatoms. The van der Waals surface area contributed by atoms with E-state index < -0.39 is 21.4 Å². The van der Waals surface area contributed by atoms with E-state index in [1.807, 2.05) is 6.08 Å². The number of aliphatic hydroxyl groups is 2. The lowest BCUT2D eigenvalue weighted by atomic mass is 10.3. The highest BCUT2D eigenvalue weighted by atomic mass is 28.3. The van der Waals surface area contributed by atoms with Gasteiger partial charge in [0, 0.05) is 0 Å². The van der Waals surface area contributed by atoms with E-state index in [9.17, 15) is 0 Å². The van der Waals surface area contributed by atoms with Crippen LogP contribution in [0.2, 0.25) is 12.1 Å². The topological polar surface area (TPSA) is 49.7 Å². The van der Waals surface area contributed by atoms with Crippen molar-refractivity contribution in [3.63, 3.8) is 0 Å². The minimum atomic E-state index is -1.25. The van der Waals surface area contributed by atoms with E-state index in [2.05, 4.69) is 6.58 Å². The quantitative estimate of drug-likeness (QED) is 0.457. The number of hydrogen-bond acceptors (Lipinski definition) is 3. The van der Waals surface area contributed by atoms with Crippen LogP contribution in [0.3, 0.4) is 0 Å². The van der Waals surface area contributed by atoms with Crippen LogP contribution in [0, 0.1) is 0 Å². The van der Waals surface area contributed by atoms with Crippen LogP contribution in [0.25, 0.3) is 0 Å². The van der Waals surface area contributed by atoms with E-state index in [0.717, 1.165) is 12.1 Å². The van der Waals surface area contributed by atoms with Crippen LogP contribution < -0.4 is 0 Å². The third-order valence-corrected chi connectivity index (χ3v) is 4.38. The third kappa shape index (κ3) is 2.41. The predicted octanol–water partition coefficient (Wildman–Crippen LogP) is -0.00420. The molecule has 3 unspecified atom stereocenters. The van der Waals surface area contributed by atoms with E-state index in [4.69, 9.17) is 14.6 Å². The summed E-state index contributed by atoms with van der Waals surface area (Å²) in [5.74, 6) is 0. The van der Waals surface area contributed by atoms with Crippen molar-refractivity contribution in [3.05, 3.63) is 12.7 Å². The molecule has 0 saturated carbocycles. The van der Waals surface area contributed by atoms with Gasteiger partial charge in [-0.1, -0.05) is 6.08 Å². The van der Waals surface area contributed by atoms with E-state index in [0.29, 0.717) is 6.42 Å². The molecule has 64 valence electrons. The Bertz CT molecular complexity index is 140. The van der Waals surface area contributed by atoms with Crippen molar-refractivity contribution in [2.24, 2.45) is 0 Å². The average molecular weight is 174 g/mol. The third-order valence-electron chi connectivity index (χ3n) is 1.88. The molecule has 1 saturated heterocycles. The van der Waals surface area contributed by atoms with Gasteiger partial charge in [-0.05, 0) is 18.5 Å². The highest BCUT2D eigenvalue weighted by Gasteiger charge is 2.27. The molecule has 0 spiro atoms. The number of rotatable bonds is 2. The first-order valence-corrected chi connectivity index (χ1v) is 5.97. The zero-order valence-electron chi connectivity index (χ0n) is 6.44. The van der Waals surface area contributed by atoms with Crippen LogP contribution in [0.1, 0.15) is 6.42 Å². The van der Waals surface area contributed by atoms with Crippen LogP contribution in [-0.2, 0) is 4.43 Å². The van der Waals surface area contributed by atoms with E-state index in [1.165, 1.54) is 0 Å². The van der Waals surface area contributed by atoms with Gasteiger partial charge in [0.05, 0.1) is 0 Å². The highest BCUT2D eigenvalue weighted by Crippen LogP contribution is 2.18. The molecule has 1 fully saturated rings. The van der Waals surface area contributed by atoms with Gasteiger partial charge >= 0.3 is 0 Å². The Labute approximate surface area is 68.0 Å². The van der Waals surface area contributed by atoms with Crippen molar-refractivity contribution in [1.29, 1.82) is 0 Å². The molecule has 0 aliphatic carbocycles. The first kappa shape index (κ1) is 8.93. The van der Waals surface area contributed by atoms with Crippen molar-refractivity contribution >= 4 is 9.04 Å². The maximum absolute atomic E-state index is 9.10. The van der Waals surface area contributed by atoms with Gasteiger partial charge in [-0.15, -0.1) is 6.58 Å². The Morgan fingerprint density at radius 2 is 2.36 bits per heavy atom. The minimum absolute atomic E-state index is 0.673. The fourth-order valence-electron chi connectivity index (χ4n) is 1.21. The number of hydrogen-bond donors (Lipinski definition) is 2. The highest BCUT2D eigenvalue weighted by molar-refractivity contribution is 6.52. The molecule has 0 bridgehead atoms. The van der Waals surface area contributed by atoms with Gasteiger partial charge in [0.25, 0.3) is 0 Å². The first-order chi connectivity index (χ1) is 5.24. The number of aliphatic hydroxyl groups excluding tert-OH is 2. The Kier molecular flexibility index (Phi) is 3.26. The summed E-state index contributed by atoms with van der Waals surface area (Å²) in [5, 5.41) is 18.2. The van der Waals surface area contributed by atoms with Crippen LogP contribution in [0.5, 0.6) is 0 Å². The smallest absolute Gasteiger partial charge is 0.184 e. The SMILES string of the molecule is C=CC[SiH]1CCC(O)C(O)O1. The van der Waals surface area contributed by atoms with Gasteiger partial charge in [0.2, 0.25) is 0 Å². The summed E-state index contributed by atoms with van der Waals surface area (Å²) in [5.41, 5.74) is 0. The fourth-order valence-corrected chi connectivity index (χ4v) is 3.36. The van der Waals surface area contributed by atoms with E-state index >= 15 is 0 Å². The van der Waals surface area contributed by atoms with Crippen molar-refractivity contribution in [2.45, 2.75) is 30.9 Å². The zero-order chi connectivity index (χ0) is 8.27. The molecule has 3 atom stereocenters. The molecule has 0 radical (unpaired) electrons. The zero-order valence-corrected chi connectivity index (χ0v) is 7.60. The Balaban J connectivity index is 2.33. The molecule has 11 heavy (non-hydrogen) atoms. The summed E-state index contributed by atoms with van der Waals surface area (Å²) in [6, 6.07) is 1.81. The molecule has 0 aromatic heterocycles. The molecule has 0 aromatic rings. The van der Waals surface area contributed by atoms with Crippen LogP contribution in [0.15, 0.2) is 12.7 Å². The lowest BCUT2D eigenvalue weighted by Gasteiger charge is -2.29. The summed E-state index contributed by atoms with van der Waals surface area (Å²) >= 11 is 0. The molecular formula is C7H14O3Si. The monoisotopic (exact) mass is 174 g/mol. The van der Waals surface area contributed by atoms with E-state index in [1.54, 1.807) is 0 Å². The Morgan fingerprint density at radius 3 is 2.91 bits per heavy atom. The molecule has 0 aromatic carbocycles. The second-order valence-corrected chi connectivity index (χ2v) is 5.38. The van der Waals surface area contributed by atoms with Crippen molar-refractivity contribution in [3.8, 4) is 0 Å². The first-order valence-electron chi connectivity index (χ1n) is 3.86. The number of allylic oxidation sites excluding steroid dienone is 1. The van der Waals surface area contributed by atoms with Gasteiger partial charge in [0.15, 0.2) is 15.3 Å². The molecular weight excluding hydrogens is 160 g/mol. The summed E-state index contributed by atoms with van der Waals surface area (Å²) in [6.45, 7) is 3.61. The van der Waals surface area contributed by atoms with Crippen LogP contribution in [-0.4, -0.2) is 31.6 Å². The van der Waals surface area contributed by atoms with Crippen molar-refractivity contribution in [1.82, 2.24) is 0 Å². The van der Waals surface area contributed by atoms with Gasteiger partial charge in [-0.2, -0.15) is 0 Å². The predicted molar refractivity (Wildman–Crippen MR) is 44.7 cm³/mol. The lowest BCUT2D eigenvalue weighted by Crippen LogP contribution is -2.40. The average Bonchev–Trinajstić information content (AvgIpc) is 1.98. The molecule has 0 amide bonds. The molecule has 3 nitrogen and oxygen atoms in total. The second kappa shape index (κ2) is 4.01. The summed E-state index contributed by atoms with van der Waals surface area (Å²) in [7, 11) is -1.25. The fraction of sp³-hybridized carbons (Fsp3) is 0.714. The van der Waals surface area contributed by atoms with Gasteiger partial charge in [-0.3, -0.25) is 0 Å². The molecule has 1 rings (SSSR count). The van der Waals surface area contributed by atoms with Crippen LogP contribution in [0.4, 0.5) is 0 Å². The van der Waals surface area contributed by atoms with E-state index in [-0.39, 0.29) is 0 Å². The summed E-state index contributed by atoms with van der Waals surface area (Å²) in [4.78, 5) is 0. The summed E-state index contributed by atoms with van der Waals surface area (Å²) < 4.78 is 5.21.